The first kappa shape index (κ1) is 19.3. The third-order valence-corrected chi connectivity index (χ3v) is 4.88. The molecule has 0 aliphatic carbocycles. The van der Waals surface area contributed by atoms with Crippen LogP contribution in [0.25, 0.3) is 28.2 Å². The predicted octanol–water partition coefficient (Wildman–Crippen LogP) is 5.01. The molecule has 0 atom stereocenters. The standard InChI is InChI=1S/C24H17FN2O3/c1-14-5-7-17(25)12-19(14)23(30)20-13-27-24-22(20)18(9-10-26-24)16-4-2-3-15(11-16)6-8-21(28)29/h2-13H,1H3,(H,26,27)(H,28,29)/b8-6+. The van der Waals surface area contributed by atoms with Gasteiger partial charge in [0.15, 0.2) is 5.78 Å². The monoisotopic (exact) mass is 400 g/mol. The SMILES string of the molecule is Cc1ccc(F)cc1C(=O)c1c[nH]c2nccc(-c3cccc(/C=C/C(=O)O)c3)c12. The second-order valence-electron chi connectivity index (χ2n) is 6.87. The van der Waals surface area contributed by atoms with Crippen molar-refractivity contribution in [2.45, 2.75) is 6.92 Å². The Bertz CT molecular complexity index is 1320. The molecule has 30 heavy (non-hydrogen) atoms. The molecule has 6 heteroatoms. The molecule has 0 spiro atoms. The van der Waals surface area contributed by atoms with Crippen molar-refractivity contribution >= 4 is 28.9 Å². The van der Waals surface area contributed by atoms with Gasteiger partial charge < -0.3 is 10.1 Å². The molecule has 148 valence electrons. The highest BCUT2D eigenvalue weighted by molar-refractivity contribution is 6.19. The van der Waals surface area contributed by atoms with Gasteiger partial charge >= 0.3 is 5.97 Å². The lowest BCUT2D eigenvalue weighted by atomic mass is 9.94. The molecule has 4 aromatic rings. The molecule has 2 aromatic carbocycles. The molecule has 5 nitrogen and oxygen atoms in total. The lowest BCUT2D eigenvalue weighted by molar-refractivity contribution is -0.131. The van der Waals surface area contributed by atoms with Crippen molar-refractivity contribution in [1.29, 1.82) is 0 Å². The van der Waals surface area contributed by atoms with Crippen LogP contribution >= 0.6 is 0 Å². The van der Waals surface area contributed by atoms with E-state index in [4.69, 9.17) is 5.11 Å². The van der Waals surface area contributed by atoms with Crippen molar-refractivity contribution in [2.24, 2.45) is 0 Å². The van der Waals surface area contributed by atoms with E-state index in [1.165, 1.54) is 18.2 Å². The topological polar surface area (TPSA) is 83.0 Å². The van der Waals surface area contributed by atoms with Crippen molar-refractivity contribution in [3.05, 3.63) is 95.1 Å². The van der Waals surface area contributed by atoms with Crippen LogP contribution < -0.4 is 0 Å². The van der Waals surface area contributed by atoms with Crippen LogP contribution in [0.15, 0.2) is 67.0 Å². The summed E-state index contributed by atoms with van der Waals surface area (Å²) in [6.07, 6.45) is 5.79. The maximum atomic E-state index is 13.8. The van der Waals surface area contributed by atoms with Gasteiger partial charge in [0, 0.05) is 29.4 Å². The Kier molecular flexibility index (Phi) is 4.98. The van der Waals surface area contributed by atoms with E-state index in [-0.39, 0.29) is 5.78 Å². The minimum Gasteiger partial charge on any atom is -0.478 e. The van der Waals surface area contributed by atoms with Crippen LogP contribution in [-0.4, -0.2) is 26.8 Å². The molecule has 0 aliphatic heterocycles. The van der Waals surface area contributed by atoms with Crippen LogP contribution in [0.3, 0.4) is 0 Å². The van der Waals surface area contributed by atoms with E-state index in [1.54, 1.807) is 37.5 Å². The fourth-order valence-corrected chi connectivity index (χ4v) is 3.44. The summed E-state index contributed by atoms with van der Waals surface area (Å²) in [4.78, 5) is 31.4. The summed E-state index contributed by atoms with van der Waals surface area (Å²) in [5.41, 5.74) is 4.20. The molecule has 4 rings (SSSR count). The number of ketones is 1. The Morgan fingerprint density at radius 3 is 2.73 bits per heavy atom. The van der Waals surface area contributed by atoms with E-state index in [0.29, 0.717) is 33.3 Å². The Morgan fingerprint density at radius 1 is 1.10 bits per heavy atom. The summed E-state index contributed by atoms with van der Waals surface area (Å²) in [7, 11) is 0. The highest BCUT2D eigenvalue weighted by Crippen LogP contribution is 2.32. The molecule has 2 N–H and O–H groups in total. The number of nitrogens with zero attached hydrogens (tertiary/aromatic N) is 1. The zero-order chi connectivity index (χ0) is 21.3. The quantitative estimate of drug-likeness (QED) is 0.365. The van der Waals surface area contributed by atoms with Gasteiger partial charge in [-0.25, -0.2) is 14.2 Å². The minimum absolute atomic E-state index is 0.295. The number of aromatic amines is 1. The van der Waals surface area contributed by atoms with Gasteiger partial charge in [-0.15, -0.1) is 0 Å². The normalized spacial score (nSPS) is 11.3. The number of pyridine rings is 1. The summed E-state index contributed by atoms with van der Waals surface area (Å²) in [5.74, 6) is -1.80. The number of carboxylic acid groups (broad SMARTS) is 1. The lowest BCUT2D eigenvalue weighted by Crippen LogP contribution is -2.04. The Labute approximate surface area is 171 Å². The summed E-state index contributed by atoms with van der Waals surface area (Å²) in [6, 6.07) is 13.3. The van der Waals surface area contributed by atoms with Crippen LogP contribution in [0.2, 0.25) is 0 Å². The zero-order valence-electron chi connectivity index (χ0n) is 16.0. The van der Waals surface area contributed by atoms with Gasteiger partial charge in [0.1, 0.15) is 11.5 Å². The fourth-order valence-electron chi connectivity index (χ4n) is 3.44. The van der Waals surface area contributed by atoms with E-state index in [2.05, 4.69) is 9.97 Å². The minimum atomic E-state index is -1.03. The van der Waals surface area contributed by atoms with Gasteiger partial charge in [-0.05, 0) is 59.5 Å². The third-order valence-electron chi connectivity index (χ3n) is 4.88. The van der Waals surface area contributed by atoms with Gasteiger partial charge in [-0.2, -0.15) is 0 Å². The number of halogens is 1. The van der Waals surface area contributed by atoms with E-state index >= 15 is 0 Å². The largest absolute Gasteiger partial charge is 0.478 e. The number of hydrogen-bond donors (Lipinski definition) is 2. The van der Waals surface area contributed by atoms with Crippen LogP contribution in [-0.2, 0) is 4.79 Å². The molecule has 0 bridgehead atoms. The van der Waals surface area contributed by atoms with E-state index < -0.39 is 11.8 Å². The molecular weight excluding hydrogens is 383 g/mol. The first-order valence-corrected chi connectivity index (χ1v) is 9.22. The van der Waals surface area contributed by atoms with Gasteiger partial charge in [0.05, 0.1) is 5.56 Å². The van der Waals surface area contributed by atoms with E-state index in [1.807, 2.05) is 18.2 Å². The van der Waals surface area contributed by atoms with Crippen LogP contribution in [0.4, 0.5) is 4.39 Å². The molecule has 0 amide bonds. The molecule has 0 fully saturated rings. The molecule has 0 saturated carbocycles. The van der Waals surface area contributed by atoms with E-state index in [9.17, 15) is 14.0 Å². The number of fused-ring (bicyclic) bond motifs is 1. The number of aromatic nitrogens is 2. The highest BCUT2D eigenvalue weighted by Gasteiger charge is 2.20. The smallest absolute Gasteiger partial charge is 0.328 e. The molecule has 2 heterocycles. The third kappa shape index (κ3) is 3.63. The number of hydrogen-bond acceptors (Lipinski definition) is 3. The molecule has 0 unspecified atom stereocenters. The Hall–Kier alpha value is -4.06. The number of rotatable bonds is 5. The number of carboxylic acids is 1. The maximum Gasteiger partial charge on any atom is 0.328 e. The molecule has 0 aliphatic rings. The Morgan fingerprint density at radius 2 is 1.93 bits per heavy atom. The van der Waals surface area contributed by atoms with Gasteiger partial charge in [0.25, 0.3) is 0 Å². The van der Waals surface area contributed by atoms with Gasteiger partial charge in [0.2, 0.25) is 0 Å². The van der Waals surface area contributed by atoms with Crippen LogP contribution in [0.1, 0.15) is 27.0 Å². The van der Waals surface area contributed by atoms with Crippen LogP contribution in [0, 0.1) is 12.7 Å². The van der Waals surface area contributed by atoms with Crippen molar-refractivity contribution < 1.29 is 19.1 Å². The van der Waals surface area contributed by atoms with E-state index in [0.717, 1.165) is 17.2 Å². The summed E-state index contributed by atoms with van der Waals surface area (Å²) in [5, 5.41) is 9.49. The van der Waals surface area contributed by atoms with Crippen molar-refractivity contribution in [3.8, 4) is 11.1 Å². The fraction of sp³-hybridized carbons (Fsp3) is 0.0417. The number of aryl methyl sites for hydroxylation is 1. The maximum absolute atomic E-state index is 13.8. The first-order chi connectivity index (χ1) is 14.4. The lowest BCUT2D eigenvalue weighted by Gasteiger charge is -2.08. The molecule has 0 radical (unpaired) electrons. The Balaban J connectivity index is 1.87. The number of carbonyl (C=O) groups excluding carboxylic acids is 1. The molecule has 0 saturated heterocycles. The highest BCUT2D eigenvalue weighted by atomic mass is 19.1. The van der Waals surface area contributed by atoms with Gasteiger partial charge in [-0.3, -0.25) is 4.79 Å². The summed E-state index contributed by atoms with van der Waals surface area (Å²) >= 11 is 0. The molecule has 2 aromatic heterocycles. The van der Waals surface area contributed by atoms with Crippen molar-refractivity contribution in [1.82, 2.24) is 9.97 Å². The first-order valence-electron chi connectivity index (χ1n) is 9.22. The zero-order valence-corrected chi connectivity index (χ0v) is 16.0. The summed E-state index contributed by atoms with van der Waals surface area (Å²) in [6.45, 7) is 1.76. The predicted molar refractivity (Wildman–Crippen MR) is 113 cm³/mol. The number of H-pyrrole nitrogens is 1. The summed E-state index contributed by atoms with van der Waals surface area (Å²) < 4.78 is 13.8. The average Bonchev–Trinajstić information content (AvgIpc) is 3.18. The molecular formula is C24H17FN2O3. The number of nitrogens with one attached hydrogen (secondary N) is 1. The van der Waals surface area contributed by atoms with Gasteiger partial charge in [-0.1, -0.05) is 24.3 Å². The van der Waals surface area contributed by atoms with Crippen molar-refractivity contribution in [2.75, 3.05) is 0 Å². The second kappa shape index (κ2) is 7.75. The average molecular weight is 400 g/mol. The second-order valence-corrected chi connectivity index (χ2v) is 6.87. The number of benzene rings is 2. The van der Waals surface area contributed by atoms with Crippen LogP contribution in [0.5, 0.6) is 0 Å². The van der Waals surface area contributed by atoms with Crippen molar-refractivity contribution in [3.63, 3.8) is 0 Å². The number of carbonyl (C=O) groups is 2. The number of aliphatic carboxylic acids is 1.